The Morgan fingerprint density at radius 1 is 0.818 bits per heavy atom. The number of benzene rings is 2. The molecule has 2 aromatic rings. The molecule has 0 saturated heterocycles. The second kappa shape index (κ2) is 8.19. The summed E-state index contributed by atoms with van der Waals surface area (Å²) in [5.74, 6) is 1.55. The zero-order valence-corrected chi connectivity index (χ0v) is 13.0. The van der Waals surface area contributed by atoms with Crippen LogP contribution in [0.4, 0.5) is 0 Å². The Kier molecular flexibility index (Phi) is 5.97. The fourth-order valence-corrected chi connectivity index (χ4v) is 2.84. The first-order chi connectivity index (χ1) is 10.8. The summed E-state index contributed by atoms with van der Waals surface area (Å²) >= 11 is 0. The maximum Gasteiger partial charge on any atom is 0.0269 e. The molecule has 0 fully saturated rings. The van der Waals surface area contributed by atoms with Crippen molar-refractivity contribution in [3.63, 3.8) is 0 Å². The van der Waals surface area contributed by atoms with Crippen LogP contribution >= 0.6 is 0 Å². The van der Waals surface area contributed by atoms with Crippen LogP contribution in [0.25, 0.3) is 0 Å². The van der Waals surface area contributed by atoms with Gasteiger partial charge >= 0.3 is 0 Å². The van der Waals surface area contributed by atoms with E-state index in [1.54, 1.807) is 0 Å². The molecule has 1 atom stereocenters. The monoisotopic (exact) mass is 287 g/mol. The van der Waals surface area contributed by atoms with Crippen molar-refractivity contribution < 1.29 is 0 Å². The minimum absolute atomic E-state index is 0.196. The highest BCUT2D eigenvalue weighted by Gasteiger charge is 2.19. The summed E-state index contributed by atoms with van der Waals surface area (Å²) in [4.78, 5) is 0. The topological polar surface area (TPSA) is 0 Å². The third kappa shape index (κ3) is 3.65. The summed E-state index contributed by atoms with van der Waals surface area (Å²) < 4.78 is 0. The van der Waals surface area contributed by atoms with Gasteiger partial charge < -0.3 is 0 Å². The molecule has 1 radical (unpaired) electrons. The van der Waals surface area contributed by atoms with E-state index < -0.39 is 0 Å². The van der Waals surface area contributed by atoms with Crippen LogP contribution in [0.5, 0.6) is 0 Å². The first-order valence-electron chi connectivity index (χ1n) is 7.65. The lowest BCUT2D eigenvalue weighted by Crippen LogP contribution is -2.07. The average Bonchev–Trinajstić information content (AvgIpc) is 2.57. The van der Waals surface area contributed by atoms with Gasteiger partial charge in [-0.05, 0) is 29.5 Å². The fraction of sp³-hybridized carbons (Fsp3) is 0.136. The van der Waals surface area contributed by atoms with Crippen LogP contribution in [-0.2, 0) is 0 Å². The molecule has 0 amide bonds. The van der Waals surface area contributed by atoms with Crippen molar-refractivity contribution in [1.82, 2.24) is 0 Å². The van der Waals surface area contributed by atoms with Gasteiger partial charge in [0.15, 0.2) is 0 Å². The molecule has 2 aromatic carbocycles. The minimum Gasteiger partial charge on any atom is -0.103 e. The molecule has 0 aliphatic rings. The molecule has 2 rings (SSSR count). The smallest absolute Gasteiger partial charge is 0.0269 e. The molecule has 0 aliphatic carbocycles. The van der Waals surface area contributed by atoms with E-state index in [0.29, 0.717) is 0 Å². The molecule has 0 nitrogen and oxygen atoms in total. The van der Waals surface area contributed by atoms with Crippen molar-refractivity contribution in [1.29, 1.82) is 0 Å². The molecular weight excluding hydrogens is 264 g/mol. The molecule has 1 unspecified atom stereocenters. The highest BCUT2D eigenvalue weighted by Crippen LogP contribution is 2.34. The van der Waals surface area contributed by atoms with Crippen LogP contribution in [-0.4, -0.2) is 0 Å². The normalized spacial score (nSPS) is 11.9. The summed E-state index contributed by atoms with van der Waals surface area (Å²) in [5.41, 5.74) is 3.85. The van der Waals surface area contributed by atoms with Crippen LogP contribution in [0, 0.1) is 5.92 Å². The molecule has 0 aromatic heterocycles. The van der Waals surface area contributed by atoms with E-state index in [1.807, 2.05) is 24.3 Å². The van der Waals surface area contributed by atoms with E-state index in [2.05, 4.69) is 68.3 Å². The van der Waals surface area contributed by atoms with Gasteiger partial charge in [0.2, 0.25) is 0 Å². The maximum atomic E-state index is 4.06. The van der Waals surface area contributed by atoms with Crippen molar-refractivity contribution in [2.75, 3.05) is 0 Å². The van der Waals surface area contributed by atoms with E-state index >= 15 is 0 Å². The highest BCUT2D eigenvalue weighted by atomic mass is 14.2. The van der Waals surface area contributed by atoms with E-state index in [-0.39, 0.29) is 5.92 Å². The predicted octanol–water partition coefficient (Wildman–Crippen LogP) is 6.08. The molecule has 0 heterocycles. The molecular formula is C22H23. The third-order valence-electron chi connectivity index (χ3n) is 3.85. The molecule has 0 N–H and O–H groups in total. The van der Waals surface area contributed by atoms with Gasteiger partial charge in [0, 0.05) is 11.8 Å². The highest BCUT2D eigenvalue weighted by molar-refractivity contribution is 5.47. The summed E-state index contributed by atoms with van der Waals surface area (Å²) in [6.45, 7) is 11.8. The molecule has 0 spiro atoms. The van der Waals surface area contributed by atoms with Crippen molar-refractivity contribution in [2.45, 2.75) is 18.8 Å². The summed E-state index contributed by atoms with van der Waals surface area (Å²) in [7, 11) is 0. The molecule has 0 bridgehead atoms. The maximum absolute atomic E-state index is 4.06. The van der Waals surface area contributed by atoms with Crippen LogP contribution in [0.2, 0.25) is 0 Å². The van der Waals surface area contributed by atoms with Gasteiger partial charge in [-0.1, -0.05) is 72.8 Å². The Hall–Kier alpha value is -2.34. The molecule has 0 saturated carbocycles. The van der Waals surface area contributed by atoms with E-state index in [4.69, 9.17) is 0 Å². The van der Waals surface area contributed by atoms with Crippen LogP contribution in [0.15, 0.2) is 92.6 Å². The van der Waals surface area contributed by atoms with Crippen LogP contribution in [0.3, 0.4) is 0 Å². The van der Waals surface area contributed by atoms with Gasteiger partial charge in [0.05, 0.1) is 0 Å². The summed E-state index contributed by atoms with van der Waals surface area (Å²) in [6.07, 6.45) is 7.69. The quantitative estimate of drug-likeness (QED) is 0.516. The SMILES string of the molecule is C=CC[C](CC=C)c1ccccc1C(C=C)c1ccccc1. The van der Waals surface area contributed by atoms with Crippen molar-refractivity contribution in [2.24, 2.45) is 0 Å². The second-order valence-corrected chi connectivity index (χ2v) is 5.30. The third-order valence-corrected chi connectivity index (χ3v) is 3.85. The lowest BCUT2D eigenvalue weighted by atomic mass is 9.81. The molecule has 0 heteroatoms. The number of allylic oxidation sites excluding steroid dienone is 3. The molecule has 22 heavy (non-hydrogen) atoms. The standard InChI is InChI=1S/C22H23/c1-4-12-18(13-5-2)21-16-10-11-17-22(21)20(6-3)19-14-8-7-9-15-19/h4-11,14-17,20H,1-3,12-13H2. The largest absolute Gasteiger partial charge is 0.103 e. The Morgan fingerprint density at radius 3 is 2.00 bits per heavy atom. The Bertz CT molecular complexity index is 611. The Labute approximate surface area is 134 Å². The zero-order chi connectivity index (χ0) is 15.8. The summed E-state index contributed by atoms with van der Waals surface area (Å²) in [6, 6.07) is 19.1. The zero-order valence-electron chi connectivity index (χ0n) is 13.0. The lowest BCUT2D eigenvalue weighted by Gasteiger charge is -2.22. The molecule has 0 aliphatic heterocycles. The van der Waals surface area contributed by atoms with Crippen molar-refractivity contribution in [3.8, 4) is 0 Å². The van der Waals surface area contributed by atoms with Gasteiger partial charge in [-0.25, -0.2) is 0 Å². The minimum atomic E-state index is 0.196. The van der Waals surface area contributed by atoms with Crippen LogP contribution in [0.1, 0.15) is 35.4 Å². The predicted molar refractivity (Wildman–Crippen MR) is 96.9 cm³/mol. The Morgan fingerprint density at radius 2 is 1.41 bits per heavy atom. The van der Waals surface area contributed by atoms with Gasteiger partial charge in [-0.2, -0.15) is 0 Å². The first kappa shape index (κ1) is 16.0. The Balaban J connectivity index is 2.47. The van der Waals surface area contributed by atoms with E-state index in [0.717, 1.165) is 12.8 Å². The van der Waals surface area contributed by atoms with Crippen LogP contribution < -0.4 is 0 Å². The van der Waals surface area contributed by atoms with E-state index in [9.17, 15) is 0 Å². The second-order valence-electron chi connectivity index (χ2n) is 5.30. The first-order valence-corrected chi connectivity index (χ1v) is 7.65. The van der Waals surface area contributed by atoms with Gasteiger partial charge in [-0.3, -0.25) is 0 Å². The van der Waals surface area contributed by atoms with Gasteiger partial charge in [0.25, 0.3) is 0 Å². The molecule has 111 valence electrons. The number of hydrogen-bond acceptors (Lipinski definition) is 0. The average molecular weight is 287 g/mol. The van der Waals surface area contributed by atoms with E-state index in [1.165, 1.54) is 22.6 Å². The van der Waals surface area contributed by atoms with Gasteiger partial charge in [-0.15, -0.1) is 19.7 Å². The lowest BCUT2D eigenvalue weighted by molar-refractivity contribution is 0.910. The number of hydrogen-bond donors (Lipinski definition) is 0. The van der Waals surface area contributed by atoms with Gasteiger partial charge in [0.1, 0.15) is 0 Å². The van der Waals surface area contributed by atoms with Crippen molar-refractivity contribution >= 4 is 0 Å². The summed E-state index contributed by atoms with van der Waals surface area (Å²) in [5, 5.41) is 0. The van der Waals surface area contributed by atoms with Crippen molar-refractivity contribution in [3.05, 3.63) is 115 Å². The fourth-order valence-electron chi connectivity index (χ4n) is 2.84. The number of rotatable bonds is 8.